The largest absolute Gasteiger partial charge is 0.507 e. The van der Waals surface area contributed by atoms with Crippen LogP contribution in [-0.4, -0.2) is 46.9 Å². The Bertz CT molecular complexity index is 4380. The van der Waals surface area contributed by atoms with E-state index in [0.717, 1.165) is 112 Å². The van der Waals surface area contributed by atoms with Crippen LogP contribution in [-0.2, 0) is 94.7 Å². The fraction of sp³-hybridized carbons (Fsp3) is 0.473. The molecule has 0 fully saturated rings. The molecule has 0 amide bonds. The summed E-state index contributed by atoms with van der Waals surface area (Å²) in [5.74, 6) is 2.93. The van der Waals surface area contributed by atoms with Crippen LogP contribution in [0, 0.1) is 0 Å². The molecule has 5 N–H and O–H groups in total. The molecule has 0 unspecified atom stereocenters. The van der Waals surface area contributed by atoms with Crippen LogP contribution < -0.4 is 14.2 Å². The summed E-state index contributed by atoms with van der Waals surface area (Å²) in [6.45, 7) is 52.9. The Labute approximate surface area is 595 Å². The van der Waals surface area contributed by atoms with Gasteiger partial charge in [0.25, 0.3) is 0 Å². The maximum absolute atomic E-state index is 13.1. The molecule has 0 aliphatic heterocycles. The van der Waals surface area contributed by atoms with E-state index in [2.05, 4.69) is 263 Å². The second-order valence-electron chi connectivity index (χ2n) is 37.1. The third kappa shape index (κ3) is 16.5. The van der Waals surface area contributed by atoms with Crippen LogP contribution in [0.5, 0.6) is 46.0 Å². The molecule has 8 aromatic carbocycles. The second kappa shape index (κ2) is 26.9. The smallest absolute Gasteiger partial charge is 0.125 e. The average molecular weight is 1340 g/mol. The minimum atomic E-state index is -0.339. The quantitative estimate of drug-likeness (QED) is 0.118. The van der Waals surface area contributed by atoms with Crippen LogP contribution in [0.3, 0.4) is 0 Å². The predicted octanol–water partition coefficient (Wildman–Crippen LogP) is 21.7. The zero-order valence-corrected chi connectivity index (χ0v) is 65.4. The van der Waals surface area contributed by atoms with Gasteiger partial charge < -0.3 is 39.7 Å². The van der Waals surface area contributed by atoms with Gasteiger partial charge in [-0.2, -0.15) is 0 Å². The number of ether oxygens (including phenoxy) is 3. The SMILES string of the molecule is COc1c2cc(C(C)(C)C)cc1Cc1cc(C(C)(C)C)cc(c1O)Cc1cc(C(C)(C)C)cc(c1OC)Cc1cc(C(C)(C)C)cc(c1OC)Cc1cc(C(C)(C)C)cc(c1O)Cc1cc(C(C)(C)C)cc(c1O)Cc1cc(C(C)(C)C)cc(c1O)Cc1cc(C(C)(C)C)cc(c1O)C2. The van der Waals surface area contributed by atoms with Crippen molar-refractivity contribution in [3.05, 3.63) is 231 Å². The monoisotopic (exact) mass is 1340 g/mol. The highest BCUT2D eigenvalue weighted by Crippen LogP contribution is 2.47. The lowest BCUT2D eigenvalue weighted by atomic mass is 9.79. The molecule has 0 saturated carbocycles. The van der Waals surface area contributed by atoms with Gasteiger partial charge >= 0.3 is 0 Å². The molecule has 1 aliphatic rings. The van der Waals surface area contributed by atoms with Crippen molar-refractivity contribution in [1.29, 1.82) is 0 Å². The van der Waals surface area contributed by atoms with Crippen molar-refractivity contribution in [2.24, 2.45) is 0 Å². The Hall–Kier alpha value is -7.84. The number of benzene rings is 8. The predicted molar refractivity (Wildman–Crippen MR) is 412 cm³/mol. The summed E-state index contributed by atoms with van der Waals surface area (Å²) in [4.78, 5) is 0. The van der Waals surface area contributed by atoms with Gasteiger partial charge in [-0.3, -0.25) is 0 Å². The summed E-state index contributed by atoms with van der Waals surface area (Å²) < 4.78 is 19.8. The number of aromatic hydroxyl groups is 5. The molecule has 1 aliphatic carbocycles. The van der Waals surface area contributed by atoms with Crippen molar-refractivity contribution in [3.8, 4) is 46.0 Å². The zero-order chi connectivity index (χ0) is 73.6. The molecule has 8 nitrogen and oxygen atoms in total. The molecular formula is C91H118O8. The van der Waals surface area contributed by atoms with E-state index in [0.29, 0.717) is 71.2 Å². The molecule has 0 saturated heterocycles. The van der Waals surface area contributed by atoms with Crippen molar-refractivity contribution in [1.82, 2.24) is 0 Å². The molecule has 0 radical (unpaired) electrons. The number of phenolic OH excluding ortho intramolecular Hbond substituents is 5. The summed E-state index contributed by atoms with van der Waals surface area (Å²) in [6.07, 6.45) is 2.60. The van der Waals surface area contributed by atoms with Gasteiger partial charge in [0.1, 0.15) is 46.0 Å². The first-order valence-corrected chi connectivity index (χ1v) is 35.8. The Morgan fingerprint density at radius 1 is 0.182 bits per heavy atom. The third-order valence-corrected chi connectivity index (χ3v) is 20.7. The number of rotatable bonds is 3. The van der Waals surface area contributed by atoms with E-state index in [4.69, 9.17) is 14.2 Å². The molecule has 8 heteroatoms. The van der Waals surface area contributed by atoms with Gasteiger partial charge in [0.05, 0.1) is 21.3 Å². The highest BCUT2D eigenvalue weighted by molar-refractivity contribution is 5.62. The Balaban J connectivity index is 1.37. The number of fused-ring (bicyclic) bond motifs is 16. The molecule has 0 spiro atoms. The average Bonchev–Trinajstić information content (AvgIpc) is 0.777. The van der Waals surface area contributed by atoms with E-state index in [1.807, 2.05) is 0 Å². The summed E-state index contributed by atoms with van der Waals surface area (Å²) in [7, 11) is 5.21. The van der Waals surface area contributed by atoms with Crippen molar-refractivity contribution in [2.75, 3.05) is 21.3 Å². The van der Waals surface area contributed by atoms with Gasteiger partial charge in [0.2, 0.25) is 0 Å². The lowest BCUT2D eigenvalue weighted by Crippen LogP contribution is -2.16. The lowest BCUT2D eigenvalue weighted by molar-refractivity contribution is 0.399. The minimum Gasteiger partial charge on any atom is -0.507 e. The highest BCUT2D eigenvalue weighted by Gasteiger charge is 2.32. The summed E-state index contributed by atoms with van der Waals surface area (Å²) >= 11 is 0. The van der Waals surface area contributed by atoms with Gasteiger partial charge in [-0.15, -0.1) is 0 Å². The van der Waals surface area contributed by atoms with Crippen LogP contribution in [0.1, 0.15) is 300 Å². The van der Waals surface area contributed by atoms with Crippen LogP contribution in [0.15, 0.2) is 97.1 Å². The summed E-state index contributed by atoms with van der Waals surface area (Å²) in [5, 5.41) is 64.8. The lowest BCUT2D eigenvalue weighted by Gasteiger charge is -2.27. The molecule has 8 aromatic rings. The Kier molecular flexibility index (Phi) is 20.5. The van der Waals surface area contributed by atoms with Gasteiger partial charge in [-0.05, 0) is 177 Å². The molecule has 0 heterocycles. The first kappa shape index (κ1) is 75.4. The minimum absolute atomic E-state index is 0.112. The molecular weight excluding hydrogens is 1220 g/mol. The molecule has 530 valence electrons. The molecule has 16 bridgehead atoms. The van der Waals surface area contributed by atoms with E-state index < -0.39 is 0 Å². The highest BCUT2D eigenvalue weighted by atomic mass is 16.5. The van der Waals surface area contributed by atoms with Gasteiger partial charge in [0.15, 0.2) is 0 Å². The number of hydrogen-bond donors (Lipinski definition) is 5. The second-order valence-corrected chi connectivity index (χ2v) is 37.1. The van der Waals surface area contributed by atoms with E-state index in [9.17, 15) is 25.5 Å². The van der Waals surface area contributed by atoms with E-state index in [-0.39, 0.29) is 91.3 Å². The first-order valence-electron chi connectivity index (χ1n) is 35.8. The topological polar surface area (TPSA) is 129 Å². The first-order chi connectivity index (χ1) is 45.5. The van der Waals surface area contributed by atoms with E-state index in [1.165, 1.54) is 0 Å². The Morgan fingerprint density at radius 2 is 0.273 bits per heavy atom. The van der Waals surface area contributed by atoms with Crippen LogP contribution in [0.4, 0.5) is 0 Å². The molecule has 0 atom stereocenters. The van der Waals surface area contributed by atoms with Crippen molar-refractivity contribution in [3.63, 3.8) is 0 Å². The van der Waals surface area contributed by atoms with Crippen LogP contribution in [0.2, 0.25) is 0 Å². The maximum atomic E-state index is 13.1. The molecule has 0 aromatic heterocycles. The van der Waals surface area contributed by atoms with Crippen molar-refractivity contribution in [2.45, 2.75) is 261 Å². The molecule has 99 heavy (non-hydrogen) atoms. The van der Waals surface area contributed by atoms with E-state index >= 15 is 0 Å². The van der Waals surface area contributed by atoms with Crippen molar-refractivity contribution >= 4 is 0 Å². The fourth-order valence-electron chi connectivity index (χ4n) is 14.1. The standard InChI is InChI=1S/C91H118O8/c1-84(2,3)68-36-52-28-53-37-69(85(4,5)6)39-55(77(53)93)30-57-41-71(87(10,11)12)43-59(79(57)95)32-64-48-74(90(19,20)21)50-66(82(64)98-26)35-67-51-75(91(22,23)24)49-65(83(67)99-27)34-61-45-72(88(13,14)15)44-60(80(61)96)33-63-47-73(89(16,17)18)46-62(81(63)97-25)31-58-42-70(86(7,8)9)40-56(78(58)94)29-54(38-68)76(52)92/h36-51,92-96H,28-35H2,1-27H3. The van der Waals surface area contributed by atoms with Gasteiger partial charge in [0, 0.05) is 51.4 Å². The summed E-state index contributed by atoms with van der Waals surface area (Å²) in [5.41, 5.74) is 18.9. The number of hydrogen-bond acceptors (Lipinski definition) is 8. The number of methoxy groups -OCH3 is 3. The van der Waals surface area contributed by atoms with E-state index in [1.54, 1.807) is 21.3 Å². The zero-order valence-electron chi connectivity index (χ0n) is 65.4. The fourth-order valence-corrected chi connectivity index (χ4v) is 14.1. The van der Waals surface area contributed by atoms with Crippen molar-refractivity contribution < 1.29 is 39.7 Å². The van der Waals surface area contributed by atoms with Gasteiger partial charge in [-0.1, -0.05) is 263 Å². The summed E-state index contributed by atoms with van der Waals surface area (Å²) in [6, 6.07) is 34.6. The third-order valence-electron chi connectivity index (χ3n) is 20.7. The maximum Gasteiger partial charge on any atom is 0.125 e. The normalized spacial score (nSPS) is 14.1. The molecule has 9 rings (SSSR count). The Morgan fingerprint density at radius 3 is 0.374 bits per heavy atom. The number of phenols is 5. The van der Waals surface area contributed by atoms with Crippen LogP contribution >= 0.6 is 0 Å². The van der Waals surface area contributed by atoms with Crippen LogP contribution in [0.25, 0.3) is 0 Å². The van der Waals surface area contributed by atoms with Gasteiger partial charge in [-0.25, -0.2) is 0 Å².